The Bertz CT molecular complexity index is 827. The second kappa shape index (κ2) is 21.7. The van der Waals surface area contributed by atoms with Crippen molar-refractivity contribution >= 4 is 57.8 Å². The molecule has 0 aliphatic rings. The van der Waals surface area contributed by atoms with Crippen LogP contribution in [0.5, 0.6) is 0 Å². The number of hydrogen-bond acceptors (Lipinski definition) is 10. The number of carbonyl (C=O) groups is 6. The molecule has 3 amide bonds. The molecular formula is C27H48N4O7S2. The maximum Gasteiger partial charge on any atom is 0.245 e. The Kier molecular flexibility index (Phi) is 20.7. The van der Waals surface area contributed by atoms with Gasteiger partial charge in [0, 0.05) is 38.5 Å². The van der Waals surface area contributed by atoms with Crippen LogP contribution < -0.4 is 16.0 Å². The van der Waals surface area contributed by atoms with Gasteiger partial charge in [0.2, 0.25) is 17.7 Å². The first kappa shape index (κ1) is 38.0. The number of rotatable bonds is 22. The molecule has 0 aliphatic carbocycles. The van der Waals surface area contributed by atoms with Gasteiger partial charge < -0.3 is 30.4 Å². The molecule has 0 saturated heterocycles. The zero-order valence-electron chi connectivity index (χ0n) is 24.8. The van der Waals surface area contributed by atoms with Gasteiger partial charge in [0.15, 0.2) is 10.2 Å². The van der Waals surface area contributed by atoms with Crippen molar-refractivity contribution in [2.75, 3.05) is 44.9 Å². The van der Waals surface area contributed by atoms with E-state index in [-0.39, 0.29) is 35.7 Å². The summed E-state index contributed by atoms with van der Waals surface area (Å²) in [6.07, 6.45) is 4.35. The smallest absolute Gasteiger partial charge is 0.245 e. The van der Waals surface area contributed by atoms with Gasteiger partial charge in [-0.3, -0.25) is 24.0 Å². The van der Waals surface area contributed by atoms with Gasteiger partial charge >= 0.3 is 0 Å². The predicted octanol–water partition coefficient (Wildman–Crippen LogP) is 1.92. The predicted molar refractivity (Wildman–Crippen MR) is 160 cm³/mol. The molecule has 2 atom stereocenters. The molecule has 0 bridgehead atoms. The van der Waals surface area contributed by atoms with Crippen LogP contribution in [0.15, 0.2) is 0 Å². The van der Waals surface area contributed by atoms with Crippen molar-refractivity contribution in [1.29, 1.82) is 0 Å². The number of hydrogen-bond donors (Lipinski definition) is 3. The minimum Gasteiger partial charge on any atom is -0.380 e. The average molecular weight is 605 g/mol. The average Bonchev–Trinajstić information content (AvgIpc) is 2.89. The van der Waals surface area contributed by atoms with Gasteiger partial charge in [-0.1, -0.05) is 43.3 Å². The molecule has 0 aromatic heterocycles. The maximum absolute atomic E-state index is 13.5. The van der Waals surface area contributed by atoms with E-state index in [1.54, 1.807) is 20.9 Å². The highest BCUT2D eigenvalue weighted by Crippen LogP contribution is 2.10. The zero-order valence-corrected chi connectivity index (χ0v) is 26.5. The fraction of sp³-hybridized carbons (Fsp3) is 0.778. The first-order valence-corrected chi connectivity index (χ1v) is 15.7. The van der Waals surface area contributed by atoms with Crippen molar-refractivity contribution in [3.05, 3.63) is 0 Å². The highest BCUT2D eigenvalue weighted by molar-refractivity contribution is 8.13. The number of likely N-dealkylation sites (N-methyl/N-ethyl adjacent to an activating group) is 1. The number of ether oxygens (including phenoxy) is 1. The van der Waals surface area contributed by atoms with Gasteiger partial charge in [0.1, 0.15) is 12.3 Å². The van der Waals surface area contributed by atoms with Crippen molar-refractivity contribution in [3.8, 4) is 0 Å². The molecule has 0 rings (SSSR count). The van der Waals surface area contributed by atoms with Gasteiger partial charge in [-0.05, 0) is 46.6 Å². The van der Waals surface area contributed by atoms with E-state index in [0.29, 0.717) is 38.0 Å². The summed E-state index contributed by atoms with van der Waals surface area (Å²) in [5.41, 5.74) is -0.924. The van der Waals surface area contributed by atoms with Crippen LogP contribution in [-0.2, 0) is 33.5 Å². The molecule has 2 unspecified atom stereocenters. The normalized spacial score (nSPS) is 12.8. The third-order valence-corrected chi connectivity index (χ3v) is 7.67. The van der Waals surface area contributed by atoms with Gasteiger partial charge in [-0.25, -0.2) is 0 Å². The van der Waals surface area contributed by atoms with Crippen LogP contribution in [0.4, 0.5) is 0 Å². The fourth-order valence-corrected chi connectivity index (χ4v) is 4.60. The van der Waals surface area contributed by atoms with Crippen LogP contribution in [0.3, 0.4) is 0 Å². The van der Waals surface area contributed by atoms with E-state index in [2.05, 4.69) is 16.0 Å². The molecule has 230 valence electrons. The first-order chi connectivity index (χ1) is 18.9. The number of carbonyl (C=O) groups excluding carboxylic acids is 6. The lowest BCUT2D eigenvalue weighted by molar-refractivity contribution is -0.141. The Balaban J connectivity index is 5.18. The number of nitrogens with zero attached hydrogens (tertiary/aromatic N) is 1. The highest BCUT2D eigenvalue weighted by atomic mass is 32.2. The number of nitrogens with one attached hydrogen (secondary N) is 3. The molecule has 0 saturated carbocycles. The van der Waals surface area contributed by atoms with Crippen LogP contribution in [0.2, 0.25) is 0 Å². The van der Waals surface area contributed by atoms with Crippen molar-refractivity contribution in [1.82, 2.24) is 20.9 Å². The Labute approximate surface area is 247 Å². The molecule has 0 aliphatic heterocycles. The van der Waals surface area contributed by atoms with Crippen molar-refractivity contribution in [2.45, 2.75) is 90.8 Å². The SMILES string of the molecule is CCCN(CC(=O)NC(C=O)CCCCCSC(C)=O)C(=O)C(CCOCCSC(C)=O)NC(=O)C(C)(C)NC. The molecule has 0 fully saturated rings. The highest BCUT2D eigenvalue weighted by Gasteiger charge is 2.32. The number of aldehydes is 1. The molecule has 0 heterocycles. The summed E-state index contributed by atoms with van der Waals surface area (Å²) >= 11 is 2.42. The summed E-state index contributed by atoms with van der Waals surface area (Å²) < 4.78 is 5.57. The molecule has 0 spiro atoms. The zero-order chi connectivity index (χ0) is 30.6. The standard InChI is InChI=1S/C27H48N4O7S2/c1-7-13-31(18-24(35)29-22(19-32)11-9-8-10-16-39-20(2)33)25(36)23(30-26(37)27(4,5)28-6)12-14-38-15-17-40-21(3)34/h19,22-23,28H,7-18H2,1-6H3,(H,29,35)(H,30,37). The number of amides is 3. The summed E-state index contributed by atoms with van der Waals surface area (Å²) in [5, 5.41) is 8.47. The van der Waals surface area contributed by atoms with Crippen LogP contribution in [0, 0.1) is 0 Å². The quantitative estimate of drug-likeness (QED) is 0.124. The summed E-state index contributed by atoms with van der Waals surface area (Å²) in [6.45, 7) is 8.83. The summed E-state index contributed by atoms with van der Waals surface area (Å²) in [7, 11) is 1.65. The van der Waals surface area contributed by atoms with Gasteiger partial charge in [-0.15, -0.1) is 0 Å². The summed E-state index contributed by atoms with van der Waals surface area (Å²) in [4.78, 5) is 74.2. The van der Waals surface area contributed by atoms with Crippen molar-refractivity contribution in [2.24, 2.45) is 0 Å². The summed E-state index contributed by atoms with van der Waals surface area (Å²) in [5.74, 6) is -0.0182. The number of thioether (sulfide) groups is 2. The van der Waals surface area contributed by atoms with Crippen LogP contribution in [0.25, 0.3) is 0 Å². The van der Waals surface area contributed by atoms with Gasteiger partial charge in [0.05, 0.1) is 24.7 Å². The third-order valence-electron chi connectivity index (χ3n) is 6.00. The Hall–Kier alpha value is -1.96. The molecular weight excluding hydrogens is 556 g/mol. The van der Waals surface area contributed by atoms with Crippen molar-refractivity contribution in [3.63, 3.8) is 0 Å². The second-order valence-electron chi connectivity index (χ2n) is 9.90. The number of unbranched alkanes of at least 4 members (excludes halogenated alkanes) is 2. The van der Waals surface area contributed by atoms with Crippen molar-refractivity contribution < 1.29 is 33.5 Å². The van der Waals surface area contributed by atoms with Gasteiger partial charge in [-0.2, -0.15) is 0 Å². The topological polar surface area (TPSA) is 151 Å². The first-order valence-electron chi connectivity index (χ1n) is 13.8. The molecule has 40 heavy (non-hydrogen) atoms. The van der Waals surface area contributed by atoms with E-state index < -0.39 is 29.4 Å². The van der Waals surface area contributed by atoms with Crippen LogP contribution >= 0.6 is 23.5 Å². The lowest BCUT2D eigenvalue weighted by Gasteiger charge is -2.30. The molecule has 0 aromatic rings. The van der Waals surface area contributed by atoms with Crippen LogP contribution in [-0.4, -0.2) is 102 Å². The Morgan fingerprint density at radius 2 is 1.57 bits per heavy atom. The minimum atomic E-state index is -0.924. The molecule has 0 aromatic carbocycles. The fourth-order valence-electron chi connectivity index (χ4n) is 3.47. The van der Waals surface area contributed by atoms with Gasteiger partial charge in [0.25, 0.3) is 0 Å². The minimum absolute atomic E-state index is 0.00715. The maximum atomic E-state index is 13.5. The lowest BCUT2D eigenvalue weighted by Crippen LogP contribution is -2.58. The molecule has 13 heteroatoms. The van der Waals surface area contributed by atoms with E-state index in [0.717, 1.165) is 36.8 Å². The monoisotopic (exact) mass is 604 g/mol. The van der Waals surface area contributed by atoms with E-state index in [4.69, 9.17) is 4.74 Å². The molecule has 0 radical (unpaired) electrons. The Morgan fingerprint density at radius 3 is 2.15 bits per heavy atom. The largest absolute Gasteiger partial charge is 0.380 e. The second-order valence-corrected chi connectivity index (χ2v) is 12.4. The lowest BCUT2D eigenvalue weighted by atomic mass is 10.0. The summed E-state index contributed by atoms with van der Waals surface area (Å²) in [6, 6.07) is -1.59. The molecule has 11 nitrogen and oxygen atoms in total. The van der Waals surface area contributed by atoms with E-state index >= 15 is 0 Å². The molecule has 3 N–H and O–H groups in total. The van der Waals surface area contributed by atoms with E-state index in [1.165, 1.54) is 30.5 Å². The third kappa shape index (κ3) is 17.7. The Morgan fingerprint density at radius 1 is 0.925 bits per heavy atom. The van der Waals surface area contributed by atoms with E-state index in [9.17, 15) is 28.8 Å². The van der Waals surface area contributed by atoms with E-state index in [1.807, 2.05) is 6.92 Å². The van der Waals surface area contributed by atoms with Crippen LogP contribution in [0.1, 0.15) is 73.1 Å².